The summed E-state index contributed by atoms with van der Waals surface area (Å²) in [5.41, 5.74) is 6.89. The van der Waals surface area contributed by atoms with Gasteiger partial charge in [0.15, 0.2) is 0 Å². The quantitative estimate of drug-likeness (QED) is 0.347. The van der Waals surface area contributed by atoms with Crippen molar-refractivity contribution in [3.8, 4) is 12.0 Å². The molecule has 162 valence electrons. The summed E-state index contributed by atoms with van der Waals surface area (Å²) in [5, 5.41) is 0. The highest BCUT2D eigenvalue weighted by molar-refractivity contribution is 5.79. The van der Waals surface area contributed by atoms with E-state index in [-0.39, 0.29) is 0 Å². The van der Waals surface area contributed by atoms with Crippen LogP contribution in [-0.4, -0.2) is 29.1 Å². The fourth-order valence-corrected chi connectivity index (χ4v) is 4.20. The highest BCUT2D eigenvalue weighted by Gasteiger charge is 2.11. The topological polar surface area (TPSA) is 87.7 Å². The van der Waals surface area contributed by atoms with Crippen LogP contribution in [0.1, 0.15) is 22.8 Å². The van der Waals surface area contributed by atoms with Crippen LogP contribution in [0.3, 0.4) is 0 Å². The van der Waals surface area contributed by atoms with Gasteiger partial charge in [-0.15, -0.1) is 0 Å². The summed E-state index contributed by atoms with van der Waals surface area (Å²) >= 11 is 0. The lowest BCUT2D eigenvalue weighted by atomic mass is 10.3. The van der Waals surface area contributed by atoms with Crippen LogP contribution >= 0.6 is 0 Å². The van der Waals surface area contributed by atoms with Gasteiger partial charge in [0.1, 0.15) is 12.5 Å². The van der Waals surface area contributed by atoms with Crippen molar-refractivity contribution < 1.29 is 8.83 Å². The van der Waals surface area contributed by atoms with E-state index < -0.39 is 0 Å². The van der Waals surface area contributed by atoms with Crippen LogP contribution in [0, 0.1) is 0 Å². The van der Waals surface area contributed by atoms with E-state index in [1.807, 2.05) is 82.0 Å². The van der Waals surface area contributed by atoms with Gasteiger partial charge < -0.3 is 8.83 Å². The third kappa shape index (κ3) is 3.08. The number of fused-ring (bicyclic) bond motifs is 8. The van der Waals surface area contributed by atoms with Crippen LogP contribution in [0.2, 0.25) is 0 Å². The molecule has 2 aliphatic rings. The number of oxazole rings is 2. The van der Waals surface area contributed by atoms with Crippen LogP contribution in [0.15, 0.2) is 82.3 Å². The largest absolute Gasteiger partial charge is 0.432 e. The molecule has 0 unspecified atom stereocenters. The molecule has 5 aromatic rings. The van der Waals surface area contributed by atoms with Gasteiger partial charge in [-0.1, -0.05) is 0 Å². The Morgan fingerprint density at radius 3 is 1.15 bits per heavy atom. The number of aromatic nitrogens is 6. The number of nitrogens with zero attached hydrogens (tertiary/aromatic N) is 6. The summed E-state index contributed by atoms with van der Waals surface area (Å²) in [4.78, 5) is 18.3. The molecule has 0 aromatic carbocycles. The van der Waals surface area contributed by atoms with E-state index in [2.05, 4.69) is 9.97 Å². The Bertz CT molecular complexity index is 1530. The summed E-state index contributed by atoms with van der Waals surface area (Å²) in [6.07, 6.45) is 14.3. The highest BCUT2D eigenvalue weighted by atomic mass is 16.4. The Morgan fingerprint density at radius 1 is 0.500 bits per heavy atom. The molecule has 34 heavy (non-hydrogen) atoms. The van der Waals surface area contributed by atoms with Crippen molar-refractivity contribution >= 4 is 46.4 Å². The maximum atomic E-state index is 5.62. The van der Waals surface area contributed by atoms with Crippen molar-refractivity contribution in [2.45, 2.75) is 0 Å². The molecule has 8 nitrogen and oxygen atoms in total. The first kappa shape index (κ1) is 18.6. The smallest absolute Gasteiger partial charge is 0.306 e. The Hall–Kier alpha value is -4.98. The zero-order chi connectivity index (χ0) is 22.5. The number of hydrogen-bond acceptors (Lipinski definition) is 6. The zero-order valence-electron chi connectivity index (χ0n) is 17.7. The van der Waals surface area contributed by atoms with Gasteiger partial charge in [0.25, 0.3) is 0 Å². The van der Waals surface area contributed by atoms with Crippen LogP contribution in [0.4, 0.5) is 0 Å². The molecule has 8 heteroatoms. The second-order valence-corrected chi connectivity index (χ2v) is 7.83. The molecule has 8 bridgehead atoms. The standard InChI is InChI=1S/C26H16N6O2/c1-2-18-14-22-7-8-24(32(22)26-28-10-12-34-26)16-20-4-3-19(30-20)15-23-6-5-21(13-17(1)29-18)31(23)25-27-9-11-33-25/h1-16H. The zero-order valence-corrected chi connectivity index (χ0v) is 17.7. The minimum absolute atomic E-state index is 0.482. The molecule has 7 rings (SSSR count). The third-order valence-corrected chi connectivity index (χ3v) is 5.65. The molecule has 0 spiro atoms. The Morgan fingerprint density at radius 2 is 0.853 bits per heavy atom. The van der Waals surface area contributed by atoms with Crippen LogP contribution in [0.5, 0.6) is 0 Å². The summed E-state index contributed by atoms with van der Waals surface area (Å²) in [7, 11) is 0. The normalized spacial score (nSPS) is 12.5. The van der Waals surface area contributed by atoms with Crippen molar-refractivity contribution in [2.24, 2.45) is 0 Å². The lowest BCUT2D eigenvalue weighted by Crippen LogP contribution is -1.94. The molecule has 0 amide bonds. The summed E-state index contributed by atoms with van der Waals surface area (Å²) in [5.74, 6) is 0. The first-order valence-electron chi connectivity index (χ1n) is 10.7. The maximum absolute atomic E-state index is 5.62. The molecule has 0 fully saturated rings. The summed E-state index contributed by atoms with van der Waals surface area (Å²) in [6, 6.07) is 17.0. The first-order chi connectivity index (χ1) is 16.8. The van der Waals surface area contributed by atoms with Crippen molar-refractivity contribution in [3.05, 3.63) is 96.2 Å². The monoisotopic (exact) mass is 444 g/mol. The van der Waals surface area contributed by atoms with Gasteiger partial charge in [-0.2, -0.15) is 0 Å². The van der Waals surface area contributed by atoms with E-state index in [0.717, 1.165) is 44.8 Å². The molecule has 5 aromatic heterocycles. The lowest BCUT2D eigenvalue weighted by molar-refractivity contribution is 0.535. The van der Waals surface area contributed by atoms with Crippen molar-refractivity contribution in [2.75, 3.05) is 0 Å². The average molecular weight is 444 g/mol. The number of rotatable bonds is 2. The molecule has 2 aliphatic heterocycles. The van der Waals surface area contributed by atoms with E-state index in [1.165, 1.54) is 0 Å². The minimum Gasteiger partial charge on any atom is -0.432 e. The van der Waals surface area contributed by atoms with Crippen LogP contribution in [-0.2, 0) is 0 Å². The lowest BCUT2D eigenvalue weighted by Gasteiger charge is -2.00. The van der Waals surface area contributed by atoms with Crippen molar-refractivity contribution in [1.82, 2.24) is 29.1 Å². The number of hydrogen-bond donors (Lipinski definition) is 0. The molecule has 0 atom stereocenters. The molecular weight excluding hydrogens is 428 g/mol. The van der Waals surface area contributed by atoms with E-state index in [0.29, 0.717) is 12.0 Å². The Labute approximate surface area is 192 Å². The minimum atomic E-state index is 0.482. The third-order valence-electron chi connectivity index (χ3n) is 5.65. The molecular formula is C26H16N6O2. The van der Waals surface area contributed by atoms with Gasteiger partial charge >= 0.3 is 12.0 Å². The van der Waals surface area contributed by atoms with E-state index in [9.17, 15) is 0 Å². The molecule has 0 saturated heterocycles. The van der Waals surface area contributed by atoms with Crippen molar-refractivity contribution in [3.63, 3.8) is 0 Å². The molecule has 7 heterocycles. The first-order valence-corrected chi connectivity index (χ1v) is 10.7. The van der Waals surface area contributed by atoms with E-state index in [4.69, 9.17) is 18.8 Å². The Balaban J connectivity index is 1.59. The SMILES string of the molecule is C1=Cc2cc3ccc(cc4nc(cc5ccc(cc1n2)n5-c1ncco1)C=C4)n3-c1ncco1. The van der Waals surface area contributed by atoms with Gasteiger partial charge in [-0.3, -0.25) is 9.13 Å². The fourth-order valence-electron chi connectivity index (χ4n) is 4.20. The van der Waals surface area contributed by atoms with Gasteiger partial charge in [-0.25, -0.2) is 19.9 Å². The summed E-state index contributed by atoms with van der Waals surface area (Å²) in [6.45, 7) is 0. The second kappa shape index (κ2) is 7.28. The summed E-state index contributed by atoms with van der Waals surface area (Å²) < 4.78 is 15.1. The van der Waals surface area contributed by atoms with Crippen LogP contribution in [0.25, 0.3) is 58.4 Å². The molecule has 0 radical (unpaired) electrons. The average Bonchev–Trinajstić information content (AvgIpc) is 3.65. The van der Waals surface area contributed by atoms with Gasteiger partial charge in [0, 0.05) is 0 Å². The van der Waals surface area contributed by atoms with E-state index >= 15 is 0 Å². The van der Waals surface area contributed by atoms with E-state index in [1.54, 1.807) is 24.9 Å². The predicted octanol–water partition coefficient (Wildman–Crippen LogP) is 5.56. The molecule has 0 saturated carbocycles. The van der Waals surface area contributed by atoms with Gasteiger partial charge in [-0.05, 0) is 72.8 Å². The Kier molecular flexibility index (Phi) is 3.98. The molecule has 0 N–H and O–H groups in total. The second-order valence-electron chi connectivity index (χ2n) is 7.83. The predicted molar refractivity (Wildman–Crippen MR) is 129 cm³/mol. The van der Waals surface area contributed by atoms with Gasteiger partial charge in [0.05, 0.1) is 57.2 Å². The van der Waals surface area contributed by atoms with Crippen LogP contribution < -0.4 is 0 Å². The molecule has 0 aliphatic carbocycles. The van der Waals surface area contributed by atoms with Gasteiger partial charge in [0.2, 0.25) is 0 Å². The maximum Gasteiger partial charge on any atom is 0.306 e. The van der Waals surface area contributed by atoms with Crippen molar-refractivity contribution in [1.29, 1.82) is 0 Å². The highest BCUT2D eigenvalue weighted by Crippen LogP contribution is 2.24. The fraction of sp³-hybridized carbons (Fsp3) is 0.